The molecule has 2 N–H and O–H groups in total. The van der Waals surface area contributed by atoms with Gasteiger partial charge in [-0.2, -0.15) is 0 Å². The average molecular weight is 390 g/mol. The molecule has 1 aromatic heterocycles. The van der Waals surface area contributed by atoms with Gasteiger partial charge < -0.3 is 25.0 Å². The maximum Gasteiger partial charge on any atom is 0.195 e. The topological polar surface area (TPSA) is 71.0 Å². The van der Waals surface area contributed by atoms with Crippen LogP contribution in [-0.2, 0) is 6.42 Å². The monoisotopic (exact) mass is 389 g/mol. The van der Waals surface area contributed by atoms with Crippen LogP contribution in [0.25, 0.3) is 0 Å². The van der Waals surface area contributed by atoms with Crippen LogP contribution in [0.15, 0.2) is 28.6 Å². The van der Waals surface area contributed by atoms with Crippen molar-refractivity contribution in [1.29, 1.82) is 0 Å². The lowest BCUT2D eigenvalue weighted by Crippen LogP contribution is -2.32. The molecule has 146 valence electrons. The molecule has 0 saturated carbocycles. The lowest BCUT2D eigenvalue weighted by Gasteiger charge is -2.14. The number of aliphatic imine (C=N–C) groups is 1. The molecule has 0 amide bonds. The Morgan fingerprint density at radius 1 is 1.22 bits per heavy atom. The minimum atomic E-state index is 0.676. The molecule has 0 aliphatic carbocycles. The van der Waals surface area contributed by atoms with E-state index in [1.807, 2.05) is 18.2 Å². The van der Waals surface area contributed by atoms with Crippen LogP contribution in [0.1, 0.15) is 18.5 Å². The Labute approximate surface area is 164 Å². The molecule has 0 atom stereocenters. The maximum atomic E-state index is 5.34. The first-order chi connectivity index (χ1) is 13.2. The maximum absolute atomic E-state index is 5.34. The lowest BCUT2D eigenvalue weighted by molar-refractivity contribution is 0.355. The predicted molar refractivity (Wildman–Crippen MR) is 112 cm³/mol. The van der Waals surface area contributed by atoms with Crippen LogP contribution in [0.5, 0.6) is 11.5 Å². The largest absolute Gasteiger partial charge is 0.493 e. The standard InChI is InChI=1S/C19H27N5O2S/c1-20-18(22-14-6-7-16(25-2)17(12-14)26-3)21-9-8-15-13-27-19(23-15)24-10-4-5-11-24/h6-7,12-13H,4-5,8-11H2,1-3H3,(H2,20,21,22). The van der Waals surface area contributed by atoms with Crippen molar-refractivity contribution in [2.75, 3.05) is 51.1 Å². The van der Waals surface area contributed by atoms with Crippen LogP contribution < -0.4 is 25.0 Å². The van der Waals surface area contributed by atoms with Crippen LogP contribution in [0.3, 0.4) is 0 Å². The van der Waals surface area contributed by atoms with E-state index in [4.69, 9.17) is 14.5 Å². The third-order valence-electron chi connectivity index (χ3n) is 4.46. The molecule has 1 fully saturated rings. The van der Waals surface area contributed by atoms with Gasteiger partial charge in [-0.1, -0.05) is 0 Å². The second-order valence-electron chi connectivity index (χ2n) is 6.26. The summed E-state index contributed by atoms with van der Waals surface area (Å²) in [4.78, 5) is 11.4. The van der Waals surface area contributed by atoms with Gasteiger partial charge in [0.2, 0.25) is 0 Å². The normalized spacial score (nSPS) is 14.3. The summed E-state index contributed by atoms with van der Waals surface area (Å²) >= 11 is 1.74. The predicted octanol–water partition coefficient (Wildman–Crippen LogP) is 2.99. The van der Waals surface area contributed by atoms with Gasteiger partial charge in [0.05, 0.1) is 19.9 Å². The quantitative estimate of drug-likeness (QED) is 0.560. The van der Waals surface area contributed by atoms with Gasteiger partial charge in [-0.3, -0.25) is 4.99 Å². The minimum absolute atomic E-state index is 0.676. The fourth-order valence-electron chi connectivity index (χ4n) is 3.00. The summed E-state index contributed by atoms with van der Waals surface area (Å²) in [7, 11) is 5.00. The first-order valence-corrected chi connectivity index (χ1v) is 10.0. The zero-order valence-corrected chi connectivity index (χ0v) is 16.9. The first-order valence-electron chi connectivity index (χ1n) is 9.12. The van der Waals surface area contributed by atoms with Crippen molar-refractivity contribution in [3.63, 3.8) is 0 Å². The van der Waals surface area contributed by atoms with E-state index in [1.54, 1.807) is 32.6 Å². The number of nitrogens with one attached hydrogen (secondary N) is 2. The number of methoxy groups -OCH3 is 2. The molecule has 7 nitrogen and oxygen atoms in total. The number of ether oxygens (including phenoxy) is 2. The van der Waals surface area contributed by atoms with E-state index in [0.29, 0.717) is 17.5 Å². The van der Waals surface area contributed by atoms with Gasteiger partial charge in [-0.15, -0.1) is 11.3 Å². The van der Waals surface area contributed by atoms with E-state index < -0.39 is 0 Å². The third-order valence-corrected chi connectivity index (χ3v) is 5.41. The summed E-state index contributed by atoms with van der Waals surface area (Å²) in [6.07, 6.45) is 3.40. The molecule has 0 unspecified atom stereocenters. The Kier molecular flexibility index (Phi) is 6.75. The molecule has 1 saturated heterocycles. The summed E-state index contributed by atoms with van der Waals surface area (Å²) in [6.45, 7) is 3.02. The Morgan fingerprint density at radius 3 is 2.70 bits per heavy atom. The van der Waals surface area contributed by atoms with Gasteiger partial charge in [-0.05, 0) is 25.0 Å². The Hall–Kier alpha value is -2.48. The van der Waals surface area contributed by atoms with Crippen LogP contribution in [0.2, 0.25) is 0 Å². The highest BCUT2D eigenvalue weighted by molar-refractivity contribution is 7.13. The highest BCUT2D eigenvalue weighted by Crippen LogP contribution is 2.29. The van der Waals surface area contributed by atoms with Crippen molar-refractivity contribution in [2.45, 2.75) is 19.3 Å². The van der Waals surface area contributed by atoms with Crippen LogP contribution in [0.4, 0.5) is 10.8 Å². The number of rotatable bonds is 7. The minimum Gasteiger partial charge on any atom is -0.493 e. The summed E-state index contributed by atoms with van der Waals surface area (Å²) in [5, 5.41) is 9.90. The summed E-state index contributed by atoms with van der Waals surface area (Å²) in [5.74, 6) is 2.08. The van der Waals surface area contributed by atoms with E-state index in [-0.39, 0.29) is 0 Å². The number of nitrogens with zero attached hydrogens (tertiary/aromatic N) is 3. The van der Waals surface area contributed by atoms with Crippen LogP contribution in [-0.4, -0.2) is 51.8 Å². The smallest absolute Gasteiger partial charge is 0.195 e. The molecule has 0 radical (unpaired) electrons. The zero-order valence-electron chi connectivity index (χ0n) is 16.1. The van der Waals surface area contributed by atoms with E-state index in [0.717, 1.165) is 42.6 Å². The van der Waals surface area contributed by atoms with Crippen molar-refractivity contribution < 1.29 is 9.47 Å². The van der Waals surface area contributed by atoms with Crippen molar-refractivity contribution in [1.82, 2.24) is 10.3 Å². The van der Waals surface area contributed by atoms with Gasteiger partial charge in [0.1, 0.15) is 0 Å². The highest BCUT2D eigenvalue weighted by Gasteiger charge is 2.15. The summed E-state index contributed by atoms with van der Waals surface area (Å²) < 4.78 is 10.6. The molecule has 0 bridgehead atoms. The fraction of sp³-hybridized carbons (Fsp3) is 0.474. The Balaban J connectivity index is 1.51. The number of guanidine groups is 1. The molecule has 2 aromatic rings. The van der Waals surface area contributed by atoms with E-state index in [9.17, 15) is 0 Å². The van der Waals surface area contributed by atoms with E-state index in [2.05, 4.69) is 25.9 Å². The molecule has 0 spiro atoms. The number of hydrogen-bond donors (Lipinski definition) is 2. The zero-order chi connectivity index (χ0) is 19.1. The van der Waals surface area contributed by atoms with Gasteiger partial charge in [0.25, 0.3) is 0 Å². The lowest BCUT2D eigenvalue weighted by atomic mass is 10.2. The molecule has 2 heterocycles. The number of hydrogen-bond acceptors (Lipinski definition) is 6. The Bertz CT molecular complexity index is 771. The molecule has 1 aromatic carbocycles. The number of thiazole rings is 1. The average Bonchev–Trinajstić information content (AvgIpc) is 3.38. The number of benzene rings is 1. The molecular weight excluding hydrogens is 362 g/mol. The third kappa shape index (κ3) is 5.03. The molecule has 27 heavy (non-hydrogen) atoms. The number of anilines is 2. The number of aromatic nitrogens is 1. The van der Waals surface area contributed by atoms with Crippen molar-refractivity contribution in [3.8, 4) is 11.5 Å². The van der Waals surface area contributed by atoms with Gasteiger partial charge in [0.15, 0.2) is 22.6 Å². The SMILES string of the molecule is CN=C(NCCc1csc(N2CCCC2)n1)Nc1ccc(OC)c(OC)c1. The first kappa shape index (κ1) is 19.3. The van der Waals surface area contributed by atoms with Crippen LogP contribution in [0, 0.1) is 0 Å². The molecular formula is C19H27N5O2S. The molecule has 8 heteroatoms. The van der Waals surface area contributed by atoms with Crippen molar-refractivity contribution >= 4 is 28.1 Å². The second-order valence-corrected chi connectivity index (χ2v) is 7.10. The van der Waals surface area contributed by atoms with Gasteiger partial charge in [-0.25, -0.2) is 4.98 Å². The van der Waals surface area contributed by atoms with Gasteiger partial charge in [0, 0.05) is 50.2 Å². The van der Waals surface area contributed by atoms with E-state index >= 15 is 0 Å². The van der Waals surface area contributed by atoms with Gasteiger partial charge >= 0.3 is 0 Å². The van der Waals surface area contributed by atoms with Crippen molar-refractivity contribution in [3.05, 3.63) is 29.3 Å². The summed E-state index contributed by atoms with van der Waals surface area (Å²) in [5.41, 5.74) is 2.00. The Morgan fingerprint density at radius 2 is 2.00 bits per heavy atom. The summed E-state index contributed by atoms with van der Waals surface area (Å²) in [6, 6.07) is 5.68. The van der Waals surface area contributed by atoms with E-state index in [1.165, 1.54) is 12.8 Å². The fourth-order valence-corrected chi connectivity index (χ4v) is 3.92. The molecule has 1 aliphatic rings. The van der Waals surface area contributed by atoms with Crippen LogP contribution >= 0.6 is 11.3 Å². The second kappa shape index (κ2) is 9.45. The molecule has 3 rings (SSSR count). The highest BCUT2D eigenvalue weighted by atomic mass is 32.1. The van der Waals surface area contributed by atoms with Crippen molar-refractivity contribution in [2.24, 2.45) is 4.99 Å². The molecule has 1 aliphatic heterocycles.